The number of benzene rings is 2. The summed E-state index contributed by atoms with van der Waals surface area (Å²) in [5, 5.41) is 0. The van der Waals surface area contributed by atoms with Crippen molar-refractivity contribution in [3.05, 3.63) is 70.8 Å². The van der Waals surface area contributed by atoms with E-state index >= 15 is 0 Å². The quantitative estimate of drug-likeness (QED) is 0.806. The molecule has 3 aliphatic carbocycles. The molecule has 2 aromatic rings. The molecule has 0 spiro atoms. The highest BCUT2D eigenvalue weighted by atomic mass is 16.5. The number of carbonyl (C=O) groups is 2. The summed E-state index contributed by atoms with van der Waals surface area (Å²) < 4.78 is 10.1. The van der Waals surface area contributed by atoms with Crippen molar-refractivity contribution in [3.63, 3.8) is 0 Å². The van der Waals surface area contributed by atoms with E-state index in [4.69, 9.17) is 9.47 Å². The Morgan fingerprint density at radius 3 is 1.92 bits per heavy atom. The lowest BCUT2D eigenvalue weighted by Crippen LogP contribution is -2.48. The van der Waals surface area contributed by atoms with Crippen molar-refractivity contribution < 1.29 is 19.1 Å². The standard InChI is InChI=1S/C21H20O4/c1-24-18(22)12-21(20(23)25-2)11-17-13-7-3-5-9-15(13)19(21)16-10-6-4-8-14(16)17/h3-10,17,19H,11-12H2,1-2H3. The summed E-state index contributed by atoms with van der Waals surface area (Å²) in [5.74, 6) is -0.831. The highest BCUT2D eigenvalue weighted by molar-refractivity contribution is 5.87. The van der Waals surface area contributed by atoms with Crippen LogP contribution in [0.1, 0.15) is 46.9 Å². The zero-order chi connectivity index (χ0) is 17.6. The van der Waals surface area contributed by atoms with Gasteiger partial charge < -0.3 is 9.47 Å². The molecule has 5 rings (SSSR count). The Bertz CT molecular complexity index is 809. The summed E-state index contributed by atoms with van der Waals surface area (Å²) in [6.45, 7) is 0. The maximum Gasteiger partial charge on any atom is 0.313 e. The third kappa shape index (κ3) is 2.13. The molecular weight excluding hydrogens is 316 g/mol. The molecule has 25 heavy (non-hydrogen) atoms. The minimum atomic E-state index is -0.921. The van der Waals surface area contributed by atoms with Crippen molar-refractivity contribution in [2.45, 2.75) is 24.7 Å². The first-order valence-electron chi connectivity index (χ1n) is 8.45. The van der Waals surface area contributed by atoms with Crippen LogP contribution in [0.2, 0.25) is 0 Å². The molecule has 0 aromatic heterocycles. The van der Waals surface area contributed by atoms with Crippen molar-refractivity contribution in [1.29, 1.82) is 0 Å². The summed E-state index contributed by atoms with van der Waals surface area (Å²) in [4.78, 5) is 25.1. The van der Waals surface area contributed by atoms with Gasteiger partial charge in [0, 0.05) is 11.8 Å². The average Bonchev–Trinajstić information content (AvgIpc) is 2.67. The van der Waals surface area contributed by atoms with Gasteiger partial charge in [0.25, 0.3) is 0 Å². The molecule has 0 heterocycles. The first-order chi connectivity index (χ1) is 12.1. The van der Waals surface area contributed by atoms with Gasteiger partial charge in [0.1, 0.15) is 0 Å². The maximum absolute atomic E-state index is 12.9. The molecule has 2 aromatic carbocycles. The van der Waals surface area contributed by atoms with E-state index in [1.165, 1.54) is 25.3 Å². The molecule has 0 saturated carbocycles. The van der Waals surface area contributed by atoms with E-state index in [1.807, 2.05) is 24.3 Å². The first-order valence-corrected chi connectivity index (χ1v) is 8.45. The van der Waals surface area contributed by atoms with E-state index in [2.05, 4.69) is 24.3 Å². The van der Waals surface area contributed by atoms with Crippen LogP contribution in [0.3, 0.4) is 0 Å². The molecule has 128 valence electrons. The summed E-state index contributed by atoms with van der Waals surface area (Å²) >= 11 is 0. The number of rotatable bonds is 3. The van der Waals surface area contributed by atoms with Crippen LogP contribution >= 0.6 is 0 Å². The molecule has 3 aliphatic rings. The van der Waals surface area contributed by atoms with Crippen LogP contribution in [0.25, 0.3) is 0 Å². The molecule has 0 radical (unpaired) electrons. The molecule has 0 amide bonds. The van der Waals surface area contributed by atoms with Gasteiger partial charge in [0.15, 0.2) is 0 Å². The van der Waals surface area contributed by atoms with Gasteiger partial charge in [-0.15, -0.1) is 0 Å². The van der Waals surface area contributed by atoms with Crippen molar-refractivity contribution in [2.24, 2.45) is 5.41 Å². The van der Waals surface area contributed by atoms with Gasteiger partial charge in [0.2, 0.25) is 0 Å². The Kier molecular flexibility index (Phi) is 3.64. The SMILES string of the molecule is COC(=O)CC1(C(=O)OC)CC2c3ccccc3C1c1ccccc12. The van der Waals surface area contributed by atoms with Crippen LogP contribution in [0.5, 0.6) is 0 Å². The largest absolute Gasteiger partial charge is 0.469 e. The van der Waals surface area contributed by atoms with Gasteiger partial charge in [-0.05, 0) is 28.7 Å². The summed E-state index contributed by atoms with van der Waals surface area (Å²) in [7, 11) is 2.75. The minimum absolute atomic E-state index is 0.0278. The van der Waals surface area contributed by atoms with E-state index in [-0.39, 0.29) is 30.2 Å². The number of esters is 2. The number of hydrogen-bond donors (Lipinski definition) is 0. The lowest BCUT2D eigenvalue weighted by atomic mass is 9.51. The zero-order valence-electron chi connectivity index (χ0n) is 14.3. The lowest BCUT2D eigenvalue weighted by Gasteiger charge is -2.51. The Balaban J connectivity index is 1.97. The molecule has 2 bridgehead atoms. The van der Waals surface area contributed by atoms with E-state index in [0.717, 1.165) is 11.1 Å². The fourth-order valence-electron chi connectivity index (χ4n) is 4.80. The Hall–Kier alpha value is -2.62. The zero-order valence-corrected chi connectivity index (χ0v) is 14.3. The molecule has 0 N–H and O–H groups in total. The van der Waals surface area contributed by atoms with Gasteiger partial charge in [-0.25, -0.2) is 0 Å². The molecule has 4 heteroatoms. The van der Waals surface area contributed by atoms with Crippen molar-refractivity contribution in [3.8, 4) is 0 Å². The molecule has 1 unspecified atom stereocenters. The van der Waals surface area contributed by atoms with Crippen LogP contribution in [0.15, 0.2) is 48.5 Å². The van der Waals surface area contributed by atoms with Crippen molar-refractivity contribution in [2.75, 3.05) is 14.2 Å². The highest BCUT2D eigenvalue weighted by Crippen LogP contribution is 2.62. The van der Waals surface area contributed by atoms with Crippen LogP contribution < -0.4 is 0 Å². The second-order valence-corrected chi connectivity index (χ2v) is 6.85. The van der Waals surface area contributed by atoms with Gasteiger partial charge >= 0.3 is 11.9 Å². The Morgan fingerprint density at radius 1 is 0.920 bits per heavy atom. The van der Waals surface area contributed by atoms with Gasteiger partial charge in [-0.3, -0.25) is 9.59 Å². The number of ether oxygens (including phenoxy) is 2. The predicted octanol–water partition coefficient (Wildman–Crippen LogP) is 3.39. The monoisotopic (exact) mass is 336 g/mol. The molecule has 0 saturated heterocycles. The van der Waals surface area contributed by atoms with Crippen molar-refractivity contribution >= 4 is 11.9 Å². The number of fused-ring (bicyclic) bond motifs is 1. The maximum atomic E-state index is 12.9. The smallest absolute Gasteiger partial charge is 0.313 e. The van der Waals surface area contributed by atoms with Gasteiger partial charge in [-0.2, -0.15) is 0 Å². The van der Waals surface area contributed by atoms with Crippen molar-refractivity contribution in [1.82, 2.24) is 0 Å². The van der Waals surface area contributed by atoms with Gasteiger partial charge in [0.05, 0.1) is 26.1 Å². The molecule has 0 fully saturated rings. The fraction of sp³-hybridized carbons (Fsp3) is 0.333. The molecule has 1 atom stereocenters. The second kappa shape index (κ2) is 5.73. The van der Waals surface area contributed by atoms with Crippen LogP contribution in [0, 0.1) is 5.41 Å². The van der Waals surface area contributed by atoms with E-state index in [9.17, 15) is 9.59 Å². The van der Waals surface area contributed by atoms with Crippen LogP contribution in [-0.2, 0) is 19.1 Å². The summed E-state index contributed by atoms with van der Waals surface area (Å²) in [6, 6.07) is 16.4. The van der Waals surface area contributed by atoms with Crippen LogP contribution in [0.4, 0.5) is 0 Å². The van der Waals surface area contributed by atoms with Gasteiger partial charge in [-0.1, -0.05) is 48.5 Å². The summed E-state index contributed by atoms with van der Waals surface area (Å²) in [5.41, 5.74) is 3.81. The number of hydrogen-bond acceptors (Lipinski definition) is 4. The normalized spacial score (nSPS) is 25.7. The minimum Gasteiger partial charge on any atom is -0.469 e. The average molecular weight is 336 g/mol. The Morgan fingerprint density at radius 2 is 1.44 bits per heavy atom. The topological polar surface area (TPSA) is 52.6 Å². The summed E-state index contributed by atoms with van der Waals surface area (Å²) in [6.07, 6.45) is 0.591. The Labute approximate surface area is 146 Å². The molecule has 0 aliphatic heterocycles. The molecule has 4 nitrogen and oxygen atoms in total. The third-order valence-corrected chi connectivity index (χ3v) is 5.77. The highest BCUT2D eigenvalue weighted by Gasteiger charge is 2.58. The van der Waals surface area contributed by atoms with E-state index < -0.39 is 5.41 Å². The van der Waals surface area contributed by atoms with E-state index in [0.29, 0.717) is 6.42 Å². The first kappa shape index (κ1) is 15.9. The van der Waals surface area contributed by atoms with E-state index in [1.54, 1.807) is 0 Å². The molecular formula is C21H20O4. The number of carbonyl (C=O) groups excluding carboxylic acids is 2. The second-order valence-electron chi connectivity index (χ2n) is 6.85. The lowest BCUT2D eigenvalue weighted by molar-refractivity contribution is -0.162. The predicted molar refractivity (Wildman–Crippen MR) is 92.3 cm³/mol. The fourth-order valence-corrected chi connectivity index (χ4v) is 4.80. The third-order valence-electron chi connectivity index (χ3n) is 5.77. The van der Waals surface area contributed by atoms with Crippen LogP contribution in [-0.4, -0.2) is 26.2 Å². The number of methoxy groups -OCH3 is 2.